The lowest BCUT2D eigenvalue weighted by Crippen LogP contribution is -2.13. The Kier molecular flexibility index (Phi) is 4.33. The summed E-state index contributed by atoms with van der Waals surface area (Å²) in [5.41, 5.74) is 9.41. The lowest BCUT2D eigenvalue weighted by molar-refractivity contribution is 0.642. The van der Waals surface area contributed by atoms with E-state index in [2.05, 4.69) is 29.8 Å². The fourth-order valence-electron chi connectivity index (χ4n) is 1.60. The van der Waals surface area contributed by atoms with Gasteiger partial charge in [0, 0.05) is 18.7 Å². The summed E-state index contributed by atoms with van der Waals surface area (Å²) in [6, 6.07) is 2.12. The summed E-state index contributed by atoms with van der Waals surface area (Å²) in [5, 5.41) is 0. The van der Waals surface area contributed by atoms with Crippen LogP contribution in [0.5, 0.6) is 0 Å². The van der Waals surface area contributed by atoms with Crippen molar-refractivity contribution in [3.63, 3.8) is 0 Å². The zero-order valence-corrected chi connectivity index (χ0v) is 9.67. The van der Waals surface area contributed by atoms with Crippen molar-refractivity contribution < 1.29 is 0 Å². The number of aromatic nitrogens is 1. The smallest absolute Gasteiger partial charge is 0.0600 e. The number of hydrogen-bond donors (Lipinski definition) is 1. The summed E-state index contributed by atoms with van der Waals surface area (Å²) in [4.78, 5) is 4.38. The van der Waals surface area contributed by atoms with Gasteiger partial charge in [0.05, 0.1) is 5.69 Å². The molecule has 0 radical (unpaired) electrons. The SMILES string of the molecule is CC#CCCC(N)c1ncc(C)cc1C. The maximum absolute atomic E-state index is 6.06. The van der Waals surface area contributed by atoms with Crippen molar-refractivity contribution in [2.24, 2.45) is 5.73 Å². The van der Waals surface area contributed by atoms with Gasteiger partial charge in [0.2, 0.25) is 0 Å². The molecule has 1 rings (SSSR count). The molecule has 0 saturated carbocycles. The van der Waals surface area contributed by atoms with Gasteiger partial charge in [-0.2, -0.15) is 0 Å². The molecule has 1 heterocycles. The molecule has 2 nitrogen and oxygen atoms in total. The molecule has 0 aliphatic heterocycles. The molecule has 0 bridgehead atoms. The van der Waals surface area contributed by atoms with E-state index in [4.69, 9.17) is 5.73 Å². The Balaban J connectivity index is 2.71. The van der Waals surface area contributed by atoms with Crippen LogP contribution in [-0.4, -0.2) is 4.98 Å². The molecule has 1 unspecified atom stereocenters. The number of nitrogens with zero attached hydrogens (tertiary/aromatic N) is 1. The van der Waals surface area contributed by atoms with Crippen LogP contribution in [0.3, 0.4) is 0 Å². The van der Waals surface area contributed by atoms with E-state index in [0.717, 1.165) is 18.5 Å². The summed E-state index contributed by atoms with van der Waals surface area (Å²) in [6.07, 6.45) is 3.58. The number of hydrogen-bond acceptors (Lipinski definition) is 2. The Morgan fingerprint density at radius 1 is 1.47 bits per heavy atom. The molecular formula is C13H18N2. The summed E-state index contributed by atoms with van der Waals surface area (Å²) < 4.78 is 0. The average Bonchev–Trinajstić information content (AvgIpc) is 2.17. The third-order valence-corrected chi connectivity index (χ3v) is 2.36. The maximum Gasteiger partial charge on any atom is 0.0600 e. The minimum atomic E-state index is 0.00597. The highest BCUT2D eigenvalue weighted by Crippen LogP contribution is 2.17. The number of nitrogens with two attached hydrogens (primary N) is 1. The van der Waals surface area contributed by atoms with Gasteiger partial charge in [-0.25, -0.2) is 0 Å². The van der Waals surface area contributed by atoms with Gasteiger partial charge in [-0.15, -0.1) is 11.8 Å². The highest BCUT2D eigenvalue weighted by atomic mass is 14.8. The fourth-order valence-corrected chi connectivity index (χ4v) is 1.60. The van der Waals surface area contributed by atoms with Crippen LogP contribution in [0.1, 0.15) is 42.6 Å². The molecule has 0 aliphatic rings. The summed E-state index contributed by atoms with van der Waals surface area (Å²) in [6.45, 7) is 5.94. The van der Waals surface area contributed by atoms with Crippen molar-refractivity contribution in [1.82, 2.24) is 4.98 Å². The van der Waals surface area contributed by atoms with Gasteiger partial charge in [0.1, 0.15) is 0 Å². The standard InChI is InChI=1S/C13H18N2/c1-4-5-6-7-12(14)13-11(3)8-10(2)9-15-13/h8-9,12H,6-7,14H2,1-3H3. The van der Waals surface area contributed by atoms with Crippen molar-refractivity contribution >= 4 is 0 Å². The minimum Gasteiger partial charge on any atom is -0.323 e. The molecule has 1 aromatic rings. The van der Waals surface area contributed by atoms with E-state index in [0.29, 0.717) is 0 Å². The number of pyridine rings is 1. The van der Waals surface area contributed by atoms with Gasteiger partial charge in [0.15, 0.2) is 0 Å². The maximum atomic E-state index is 6.06. The molecule has 2 heteroatoms. The molecule has 15 heavy (non-hydrogen) atoms. The Bertz CT molecular complexity index is 385. The minimum absolute atomic E-state index is 0.00597. The summed E-state index contributed by atoms with van der Waals surface area (Å²) in [7, 11) is 0. The second-order valence-corrected chi connectivity index (χ2v) is 3.79. The first-order chi connectivity index (χ1) is 7.15. The van der Waals surface area contributed by atoms with Crippen LogP contribution in [0, 0.1) is 25.7 Å². The predicted octanol–water partition coefficient (Wildman–Crippen LogP) is 2.50. The zero-order valence-electron chi connectivity index (χ0n) is 9.67. The van der Waals surface area contributed by atoms with E-state index in [1.54, 1.807) is 0 Å². The molecule has 2 N–H and O–H groups in total. The predicted molar refractivity (Wildman–Crippen MR) is 63.3 cm³/mol. The van der Waals surface area contributed by atoms with E-state index < -0.39 is 0 Å². The Hall–Kier alpha value is -1.33. The van der Waals surface area contributed by atoms with Crippen LogP contribution in [-0.2, 0) is 0 Å². The first-order valence-corrected chi connectivity index (χ1v) is 5.23. The van der Waals surface area contributed by atoms with Gasteiger partial charge < -0.3 is 5.73 Å². The van der Waals surface area contributed by atoms with Gasteiger partial charge in [0.25, 0.3) is 0 Å². The first-order valence-electron chi connectivity index (χ1n) is 5.23. The quantitative estimate of drug-likeness (QED) is 0.765. The Morgan fingerprint density at radius 3 is 2.80 bits per heavy atom. The zero-order chi connectivity index (χ0) is 11.3. The third-order valence-electron chi connectivity index (χ3n) is 2.36. The van der Waals surface area contributed by atoms with Crippen LogP contribution in [0.4, 0.5) is 0 Å². The van der Waals surface area contributed by atoms with Gasteiger partial charge in [-0.05, 0) is 38.3 Å². The van der Waals surface area contributed by atoms with Crippen molar-refractivity contribution in [2.75, 3.05) is 0 Å². The van der Waals surface area contributed by atoms with Crippen molar-refractivity contribution in [3.8, 4) is 11.8 Å². The van der Waals surface area contributed by atoms with Gasteiger partial charge in [-0.3, -0.25) is 4.98 Å². The van der Waals surface area contributed by atoms with E-state index in [1.165, 1.54) is 11.1 Å². The van der Waals surface area contributed by atoms with Crippen LogP contribution < -0.4 is 5.73 Å². The van der Waals surface area contributed by atoms with Gasteiger partial charge >= 0.3 is 0 Å². The van der Waals surface area contributed by atoms with Crippen molar-refractivity contribution in [1.29, 1.82) is 0 Å². The topological polar surface area (TPSA) is 38.9 Å². The third kappa shape index (κ3) is 3.38. The molecule has 0 fully saturated rings. The average molecular weight is 202 g/mol. The monoisotopic (exact) mass is 202 g/mol. The van der Waals surface area contributed by atoms with Crippen molar-refractivity contribution in [2.45, 2.75) is 39.7 Å². The summed E-state index contributed by atoms with van der Waals surface area (Å²) >= 11 is 0. The lowest BCUT2D eigenvalue weighted by Gasteiger charge is -2.12. The second kappa shape index (κ2) is 5.53. The number of rotatable bonds is 3. The molecule has 1 aromatic heterocycles. The molecule has 0 aromatic carbocycles. The second-order valence-electron chi connectivity index (χ2n) is 3.79. The van der Waals surface area contributed by atoms with Gasteiger partial charge in [-0.1, -0.05) is 6.07 Å². The highest BCUT2D eigenvalue weighted by molar-refractivity contribution is 5.25. The molecule has 0 aliphatic carbocycles. The molecule has 0 saturated heterocycles. The molecule has 80 valence electrons. The van der Waals surface area contributed by atoms with E-state index in [1.807, 2.05) is 20.0 Å². The van der Waals surface area contributed by atoms with E-state index >= 15 is 0 Å². The normalized spacial score (nSPS) is 11.7. The van der Waals surface area contributed by atoms with Crippen LogP contribution in [0.2, 0.25) is 0 Å². The molecule has 1 atom stereocenters. The van der Waals surface area contributed by atoms with Crippen LogP contribution in [0.15, 0.2) is 12.3 Å². The van der Waals surface area contributed by atoms with E-state index in [9.17, 15) is 0 Å². The Labute approximate surface area is 91.9 Å². The molecular weight excluding hydrogens is 184 g/mol. The largest absolute Gasteiger partial charge is 0.323 e. The first kappa shape index (κ1) is 11.7. The van der Waals surface area contributed by atoms with E-state index in [-0.39, 0.29) is 6.04 Å². The Morgan fingerprint density at radius 2 is 2.20 bits per heavy atom. The van der Waals surface area contributed by atoms with Crippen LogP contribution >= 0.6 is 0 Å². The summed E-state index contributed by atoms with van der Waals surface area (Å²) in [5.74, 6) is 5.89. The van der Waals surface area contributed by atoms with Crippen molar-refractivity contribution in [3.05, 3.63) is 29.1 Å². The fraction of sp³-hybridized carbons (Fsp3) is 0.462. The molecule has 0 spiro atoms. The number of aryl methyl sites for hydroxylation is 2. The molecule has 0 amide bonds. The van der Waals surface area contributed by atoms with Crippen LogP contribution in [0.25, 0.3) is 0 Å². The highest BCUT2D eigenvalue weighted by Gasteiger charge is 2.09. The lowest BCUT2D eigenvalue weighted by atomic mass is 10.0.